The first-order valence-electron chi connectivity index (χ1n) is 8.29. The summed E-state index contributed by atoms with van der Waals surface area (Å²) < 4.78 is 0. The number of hydrogen-bond acceptors (Lipinski definition) is 4. The van der Waals surface area contributed by atoms with Crippen molar-refractivity contribution in [3.8, 4) is 0 Å². The number of imidazole rings is 1. The first kappa shape index (κ1) is 17.4. The molecule has 0 saturated carbocycles. The van der Waals surface area contributed by atoms with Crippen LogP contribution in [-0.2, 0) is 11.2 Å². The number of nitrogens with one attached hydrogen (secondary N) is 2. The van der Waals surface area contributed by atoms with Gasteiger partial charge in [-0.3, -0.25) is 4.79 Å². The lowest BCUT2D eigenvalue weighted by Crippen LogP contribution is -2.27. The number of H-pyrrole nitrogens is 1. The number of aromatic nitrogens is 2. The topological polar surface area (TPSA) is 83.8 Å². The minimum absolute atomic E-state index is 0.0448. The van der Waals surface area contributed by atoms with Crippen molar-refractivity contribution < 1.29 is 4.79 Å². The van der Waals surface area contributed by atoms with E-state index in [0.717, 1.165) is 34.5 Å². The van der Waals surface area contributed by atoms with Crippen LogP contribution in [0.2, 0.25) is 0 Å². The van der Waals surface area contributed by atoms with Crippen LogP contribution in [0.1, 0.15) is 23.6 Å². The highest BCUT2D eigenvalue weighted by Gasteiger charge is 2.13. The third-order valence-corrected chi connectivity index (χ3v) is 5.12. The molecule has 0 aliphatic heterocycles. The van der Waals surface area contributed by atoms with E-state index in [-0.39, 0.29) is 11.2 Å². The average Bonchev–Trinajstić information content (AvgIpc) is 3.05. The van der Waals surface area contributed by atoms with Crippen molar-refractivity contribution in [1.82, 2.24) is 15.3 Å². The molecular weight excluding hydrogens is 332 g/mol. The van der Waals surface area contributed by atoms with Crippen LogP contribution in [0.5, 0.6) is 0 Å². The number of fused-ring (bicyclic) bond motifs is 1. The number of nitrogens with zero attached hydrogens (tertiary/aromatic N) is 1. The van der Waals surface area contributed by atoms with E-state index >= 15 is 0 Å². The fourth-order valence-corrected chi connectivity index (χ4v) is 3.30. The van der Waals surface area contributed by atoms with Crippen LogP contribution in [0.25, 0.3) is 11.0 Å². The van der Waals surface area contributed by atoms with Crippen molar-refractivity contribution in [3.05, 3.63) is 59.9 Å². The van der Waals surface area contributed by atoms with Crippen LogP contribution in [0.3, 0.4) is 0 Å². The Balaban J connectivity index is 1.42. The Bertz CT molecular complexity index is 811. The maximum Gasteiger partial charge on any atom is 0.230 e. The molecule has 3 rings (SSSR count). The molecule has 0 bridgehead atoms. The second kappa shape index (κ2) is 8.07. The Morgan fingerprint density at radius 2 is 2.00 bits per heavy atom. The lowest BCUT2D eigenvalue weighted by Gasteiger charge is -2.09. The van der Waals surface area contributed by atoms with E-state index in [2.05, 4.69) is 22.2 Å². The van der Waals surface area contributed by atoms with E-state index in [1.54, 1.807) is 11.8 Å². The molecule has 0 radical (unpaired) electrons. The molecule has 130 valence electrons. The number of hydrogen-bond donors (Lipinski definition) is 3. The Kier molecular flexibility index (Phi) is 5.60. The van der Waals surface area contributed by atoms with Crippen LogP contribution in [0.15, 0.2) is 48.5 Å². The van der Waals surface area contributed by atoms with Gasteiger partial charge in [0.15, 0.2) is 0 Å². The first-order valence-corrected chi connectivity index (χ1v) is 9.34. The average molecular weight is 354 g/mol. The molecule has 5 nitrogen and oxygen atoms in total. The number of nitrogens with two attached hydrogens (primary N) is 1. The van der Waals surface area contributed by atoms with Gasteiger partial charge in [0.25, 0.3) is 0 Å². The smallest absolute Gasteiger partial charge is 0.230 e. The number of carbonyl (C=O) groups is 1. The molecule has 1 aromatic heterocycles. The number of thioether (sulfide) groups is 1. The van der Waals surface area contributed by atoms with Gasteiger partial charge in [0, 0.05) is 12.2 Å². The largest absolute Gasteiger partial charge is 0.399 e. The van der Waals surface area contributed by atoms with Crippen molar-refractivity contribution in [2.75, 3.05) is 18.0 Å². The number of rotatable bonds is 7. The van der Waals surface area contributed by atoms with E-state index in [9.17, 15) is 4.79 Å². The number of amides is 1. The van der Waals surface area contributed by atoms with Gasteiger partial charge in [-0.2, -0.15) is 0 Å². The van der Waals surface area contributed by atoms with Crippen LogP contribution in [-0.4, -0.2) is 28.2 Å². The minimum Gasteiger partial charge on any atom is -0.399 e. The van der Waals surface area contributed by atoms with Crippen molar-refractivity contribution in [3.63, 3.8) is 0 Å². The van der Waals surface area contributed by atoms with Crippen LogP contribution in [0.4, 0.5) is 5.69 Å². The van der Waals surface area contributed by atoms with Gasteiger partial charge in [0.2, 0.25) is 5.91 Å². The molecule has 0 aliphatic carbocycles. The molecule has 2 aromatic carbocycles. The Morgan fingerprint density at radius 1 is 1.24 bits per heavy atom. The highest BCUT2D eigenvalue weighted by molar-refractivity contribution is 8.00. The molecular formula is C19H22N4OS. The van der Waals surface area contributed by atoms with Gasteiger partial charge >= 0.3 is 0 Å². The van der Waals surface area contributed by atoms with Gasteiger partial charge in [0.1, 0.15) is 5.82 Å². The second-order valence-corrected chi connectivity index (χ2v) is 7.26. The molecule has 0 spiro atoms. The molecule has 1 amide bonds. The summed E-state index contributed by atoms with van der Waals surface area (Å²) in [6, 6.07) is 15.7. The number of aromatic amines is 1. The summed E-state index contributed by atoms with van der Waals surface area (Å²) in [5.74, 6) is 1.37. The summed E-state index contributed by atoms with van der Waals surface area (Å²) in [5.41, 5.74) is 9.56. The number of para-hydroxylation sites is 2. The maximum absolute atomic E-state index is 12.0. The molecule has 0 aliphatic rings. The highest BCUT2D eigenvalue weighted by atomic mass is 32.2. The summed E-state index contributed by atoms with van der Waals surface area (Å²) in [7, 11) is 0. The maximum atomic E-state index is 12.0. The zero-order chi connectivity index (χ0) is 17.6. The van der Waals surface area contributed by atoms with Gasteiger partial charge in [-0.15, -0.1) is 11.8 Å². The zero-order valence-electron chi connectivity index (χ0n) is 14.2. The molecule has 0 saturated heterocycles. The molecule has 4 N–H and O–H groups in total. The zero-order valence-corrected chi connectivity index (χ0v) is 15.0. The lowest BCUT2D eigenvalue weighted by atomic mass is 10.1. The second-order valence-electron chi connectivity index (χ2n) is 5.93. The van der Waals surface area contributed by atoms with Crippen molar-refractivity contribution in [2.45, 2.75) is 18.6 Å². The SMILES string of the molecule is CC(SCC(=O)NCCc1ccc(N)cc1)c1nc2ccccc2[nH]1. The third-order valence-electron chi connectivity index (χ3n) is 3.97. The number of benzene rings is 2. The highest BCUT2D eigenvalue weighted by Crippen LogP contribution is 2.27. The van der Waals surface area contributed by atoms with Gasteiger partial charge in [-0.1, -0.05) is 24.3 Å². The van der Waals surface area contributed by atoms with E-state index in [1.165, 1.54) is 0 Å². The Hall–Kier alpha value is -2.47. The summed E-state index contributed by atoms with van der Waals surface area (Å²) in [4.78, 5) is 19.9. The van der Waals surface area contributed by atoms with Gasteiger partial charge in [0.05, 0.1) is 22.0 Å². The molecule has 3 aromatic rings. The molecule has 1 unspecified atom stereocenters. The Morgan fingerprint density at radius 3 is 2.76 bits per heavy atom. The number of carbonyl (C=O) groups excluding carboxylic acids is 1. The van der Waals surface area contributed by atoms with Gasteiger partial charge in [-0.05, 0) is 43.2 Å². The van der Waals surface area contributed by atoms with Crippen molar-refractivity contribution >= 4 is 34.4 Å². The predicted octanol–water partition coefficient (Wildman–Crippen LogP) is 3.30. The molecule has 1 heterocycles. The van der Waals surface area contributed by atoms with Crippen LogP contribution in [0, 0.1) is 0 Å². The summed E-state index contributed by atoms with van der Waals surface area (Å²) in [6.07, 6.45) is 0.801. The lowest BCUT2D eigenvalue weighted by molar-refractivity contribution is -0.118. The van der Waals surface area contributed by atoms with Gasteiger partial charge < -0.3 is 16.0 Å². The standard InChI is InChI=1S/C19H22N4OS/c1-13(19-22-16-4-2-3-5-17(16)23-19)25-12-18(24)21-11-10-14-6-8-15(20)9-7-14/h2-9,13H,10-12,20H2,1H3,(H,21,24)(H,22,23). The van der Waals surface area contributed by atoms with Crippen LogP contribution >= 0.6 is 11.8 Å². The van der Waals surface area contributed by atoms with E-state index in [1.807, 2.05) is 48.5 Å². The molecule has 1 atom stereocenters. The predicted molar refractivity (Wildman–Crippen MR) is 105 cm³/mol. The molecule has 0 fully saturated rings. The van der Waals surface area contributed by atoms with Crippen molar-refractivity contribution in [1.29, 1.82) is 0 Å². The van der Waals surface area contributed by atoms with Crippen LogP contribution < -0.4 is 11.1 Å². The minimum atomic E-state index is 0.0448. The first-order chi connectivity index (χ1) is 12.1. The van der Waals surface area contributed by atoms with E-state index < -0.39 is 0 Å². The normalized spacial score (nSPS) is 12.2. The molecule has 25 heavy (non-hydrogen) atoms. The third kappa shape index (κ3) is 4.76. The van der Waals surface area contributed by atoms with E-state index in [4.69, 9.17) is 5.73 Å². The summed E-state index contributed by atoms with van der Waals surface area (Å²) in [6.45, 7) is 2.69. The quantitative estimate of drug-likeness (QED) is 0.569. The van der Waals surface area contributed by atoms with Crippen molar-refractivity contribution in [2.24, 2.45) is 0 Å². The number of nitrogen functional groups attached to an aromatic ring is 1. The summed E-state index contributed by atoms with van der Waals surface area (Å²) >= 11 is 1.58. The van der Waals surface area contributed by atoms with E-state index in [0.29, 0.717) is 12.3 Å². The fraction of sp³-hybridized carbons (Fsp3) is 0.263. The Labute approximate surface area is 151 Å². The number of anilines is 1. The van der Waals surface area contributed by atoms with Gasteiger partial charge in [-0.25, -0.2) is 4.98 Å². The monoisotopic (exact) mass is 354 g/mol. The fourth-order valence-electron chi connectivity index (χ4n) is 2.53. The molecule has 6 heteroatoms. The summed E-state index contributed by atoms with van der Waals surface area (Å²) in [5, 5.41) is 3.09.